The van der Waals surface area contributed by atoms with Gasteiger partial charge in [-0.1, -0.05) is 0 Å². The third-order valence-electron chi connectivity index (χ3n) is 3.15. The zero-order valence-corrected chi connectivity index (χ0v) is 11.8. The van der Waals surface area contributed by atoms with Crippen LogP contribution in [0, 0.1) is 5.82 Å². The number of nitrogens with one attached hydrogen (secondary N) is 1. The van der Waals surface area contributed by atoms with E-state index in [1.54, 1.807) is 0 Å². The van der Waals surface area contributed by atoms with Gasteiger partial charge in [-0.15, -0.1) is 0 Å². The van der Waals surface area contributed by atoms with Crippen LogP contribution in [0.1, 0.15) is 13.3 Å². The average Bonchev–Trinajstić information content (AvgIpc) is 2.76. The lowest BCUT2D eigenvalue weighted by molar-refractivity contribution is -0.119. The Hall–Kier alpha value is -1.67. The molecule has 0 aliphatic carbocycles. The van der Waals surface area contributed by atoms with E-state index in [9.17, 15) is 17.6 Å². The van der Waals surface area contributed by atoms with Crippen molar-refractivity contribution in [3.63, 3.8) is 0 Å². The molecule has 1 unspecified atom stereocenters. The van der Waals surface area contributed by atoms with Gasteiger partial charge < -0.3 is 11.1 Å². The van der Waals surface area contributed by atoms with E-state index in [1.165, 1.54) is 11.2 Å². The Morgan fingerprint density at radius 3 is 2.80 bits per heavy atom. The van der Waals surface area contributed by atoms with Crippen molar-refractivity contribution >= 4 is 21.6 Å². The molecule has 0 saturated carbocycles. The minimum absolute atomic E-state index is 0.109. The van der Waals surface area contributed by atoms with E-state index in [-0.39, 0.29) is 29.1 Å². The van der Waals surface area contributed by atoms with E-state index in [0.29, 0.717) is 13.0 Å². The van der Waals surface area contributed by atoms with Crippen LogP contribution in [-0.2, 0) is 14.8 Å². The van der Waals surface area contributed by atoms with Gasteiger partial charge in [-0.3, -0.25) is 4.79 Å². The SMILES string of the molecule is CC(=O)NC1CCN(S(=O)(=O)c2ccc(F)cc2N)C1. The molecule has 1 aromatic rings. The first-order valence-electron chi connectivity index (χ1n) is 6.13. The van der Waals surface area contributed by atoms with Crippen molar-refractivity contribution in [2.24, 2.45) is 0 Å². The molecule has 1 fully saturated rings. The number of carbonyl (C=O) groups excluding carboxylic acids is 1. The molecule has 1 aliphatic rings. The molecule has 1 amide bonds. The van der Waals surface area contributed by atoms with Gasteiger partial charge in [0.2, 0.25) is 15.9 Å². The Labute approximate surface area is 116 Å². The second kappa shape index (κ2) is 5.37. The molecule has 2 rings (SSSR count). The number of rotatable bonds is 3. The quantitative estimate of drug-likeness (QED) is 0.786. The van der Waals surface area contributed by atoms with Crippen molar-refractivity contribution in [2.75, 3.05) is 18.8 Å². The fourth-order valence-corrected chi connectivity index (χ4v) is 3.84. The minimum atomic E-state index is -3.76. The van der Waals surface area contributed by atoms with Crippen molar-refractivity contribution in [2.45, 2.75) is 24.3 Å². The number of sulfonamides is 1. The summed E-state index contributed by atoms with van der Waals surface area (Å²) < 4.78 is 39.0. The monoisotopic (exact) mass is 301 g/mol. The molecule has 0 radical (unpaired) electrons. The Morgan fingerprint density at radius 2 is 2.20 bits per heavy atom. The van der Waals surface area contributed by atoms with Gasteiger partial charge in [-0.25, -0.2) is 12.8 Å². The van der Waals surface area contributed by atoms with Crippen molar-refractivity contribution in [3.8, 4) is 0 Å². The van der Waals surface area contributed by atoms with Gasteiger partial charge in [0.15, 0.2) is 0 Å². The Bertz CT molecular complexity index is 633. The van der Waals surface area contributed by atoms with Gasteiger partial charge in [-0.2, -0.15) is 4.31 Å². The van der Waals surface area contributed by atoms with Gasteiger partial charge in [0, 0.05) is 26.1 Å². The highest BCUT2D eigenvalue weighted by molar-refractivity contribution is 7.89. The van der Waals surface area contributed by atoms with Gasteiger partial charge in [-0.05, 0) is 24.6 Å². The third kappa shape index (κ3) is 2.91. The first kappa shape index (κ1) is 14.7. The summed E-state index contributed by atoms with van der Waals surface area (Å²) in [7, 11) is -3.76. The zero-order valence-electron chi connectivity index (χ0n) is 11.0. The molecule has 20 heavy (non-hydrogen) atoms. The molecule has 1 heterocycles. The van der Waals surface area contributed by atoms with Crippen LogP contribution in [0.2, 0.25) is 0 Å². The second-order valence-corrected chi connectivity index (χ2v) is 6.64. The topological polar surface area (TPSA) is 92.5 Å². The highest BCUT2D eigenvalue weighted by atomic mass is 32.2. The van der Waals surface area contributed by atoms with Crippen molar-refractivity contribution in [1.82, 2.24) is 9.62 Å². The number of halogens is 1. The molecule has 1 atom stereocenters. The molecular formula is C12H16FN3O3S. The maximum Gasteiger partial charge on any atom is 0.245 e. The number of nitrogen functional groups attached to an aromatic ring is 1. The summed E-state index contributed by atoms with van der Waals surface area (Å²) in [5.41, 5.74) is 5.46. The van der Waals surface area contributed by atoms with E-state index < -0.39 is 15.8 Å². The maximum atomic E-state index is 13.0. The number of carbonyl (C=O) groups is 1. The average molecular weight is 301 g/mol. The molecule has 0 bridgehead atoms. The van der Waals surface area contributed by atoms with E-state index in [1.807, 2.05) is 0 Å². The molecule has 8 heteroatoms. The lowest BCUT2D eigenvalue weighted by atomic mass is 10.3. The first-order chi connectivity index (χ1) is 9.30. The highest BCUT2D eigenvalue weighted by Crippen LogP contribution is 2.26. The van der Waals surface area contributed by atoms with E-state index in [2.05, 4.69) is 5.32 Å². The van der Waals surface area contributed by atoms with Crippen LogP contribution in [0.15, 0.2) is 23.1 Å². The predicted molar refractivity (Wildman–Crippen MR) is 71.8 cm³/mol. The van der Waals surface area contributed by atoms with Crippen LogP contribution in [0.4, 0.5) is 10.1 Å². The van der Waals surface area contributed by atoms with Gasteiger partial charge in [0.1, 0.15) is 10.7 Å². The normalized spacial score (nSPS) is 20.0. The van der Waals surface area contributed by atoms with Crippen molar-refractivity contribution < 1.29 is 17.6 Å². The summed E-state index contributed by atoms with van der Waals surface area (Å²) in [6.45, 7) is 1.87. The fraction of sp³-hybridized carbons (Fsp3) is 0.417. The number of benzene rings is 1. The number of anilines is 1. The second-order valence-electron chi connectivity index (χ2n) is 4.73. The molecule has 1 aliphatic heterocycles. The molecule has 0 spiro atoms. The van der Waals surface area contributed by atoms with Crippen LogP contribution < -0.4 is 11.1 Å². The van der Waals surface area contributed by atoms with Gasteiger partial charge >= 0.3 is 0 Å². The van der Waals surface area contributed by atoms with E-state index in [4.69, 9.17) is 5.73 Å². The summed E-state index contributed by atoms with van der Waals surface area (Å²) in [5.74, 6) is -0.783. The molecule has 1 saturated heterocycles. The third-order valence-corrected chi connectivity index (χ3v) is 5.09. The van der Waals surface area contributed by atoms with Crippen LogP contribution in [0.5, 0.6) is 0 Å². The first-order valence-corrected chi connectivity index (χ1v) is 7.57. The summed E-state index contributed by atoms with van der Waals surface area (Å²) >= 11 is 0. The van der Waals surface area contributed by atoms with E-state index >= 15 is 0 Å². The van der Waals surface area contributed by atoms with Crippen LogP contribution in [-0.4, -0.2) is 37.8 Å². The molecular weight excluding hydrogens is 285 g/mol. The molecule has 3 N–H and O–H groups in total. The largest absolute Gasteiger partial charge is 0.398 e. The lowest BCUT2D eigenvalue weighted by Gasteiger charge is -2.18. The van der Waals surface area contributed by atoms with Crippen molar-refractivity contribution in [3.05, 3.63) is 24.0 Å². The van der Waals surface area contributed by atoms with Gasteiger partial charge in [0.05, 0.1) is 5.69 Å². The van der Waals surface area contributed by atoms with Crippen LogP contribution >= 0.6 is 0 Å². The lowest BCUT2D eigenvalue weighted by Crippen LogP contribution is -2.37. The number of nitrogens with zero attached hydrogens (tertiary/aromatic N) is 1. The number of amides is 1. The number of hydrogen-bond acceptors (Lipinski definition) is 4. The number of hydrogen-bond donors (Lipinski definition) is 2. The van der Waals surface area contributed by atoms with E-state index in [0.717, 1.165) is 18.2 Å². The van der Waals surface area contributed by atoms with Crippen LogP contribution in [0.3, 0.4) is 0 Å². The van der Waals surface area contributed by atoms with Crippen LogP contribution in [0.25, 0.3) is 0 Å². The number of nitrogens with two attached hydrogens (primary N) is 1. The van der Waals surface area contributed by atoms with Crippen molar-refractivity contribution in [1.29, 1.82) is 0 Å². The Kier molecular flexibility index (Phi) is 3.96. The summed E-state index contributed by atoms with van der Waals surface area (Å²) in [4.78, 5) is 10.9. The summed E-state index contributed by atoms with van der Waals surface area (Å²) in [6, 6.07) is 2.99. The fourth-order valence-electron chi connectivity index (χ4n) is 2.25. The molecule has 0 aromatic heterocycles. The molecule has 6 nitrogen and oxygen atoms in total. The standard InChI is InChI=1S/C12H16FN3O3S/c1-8(17)15-10-4-5-16(7-10)20(18,19)12-3-2-9(13)6-11(12)14/h2-3,6,10H,4-5,7,14H2,1H3,(H,15,17). The summed E-state index contributed by atoms with van der Waals surface area (Å²) in [5, 5.41) is 2.68. The smallest absolute Gasteiger partial charge is 0.245 e. The molecule has 1 aromatic carbocycles. The summed E-state index contributed by atoms with van der Waals surface area (Å²) in [6.07, 6.45) is 0.542. The highest BCUT2D eigenvalue weighted by Gasteiger charge is 2.33. The molecule has 110 valence electrons. The maximum absolute atomic E-state index is 13.0. The zero-order chi connectivity index (χ0) is 14.9. The van der Waals surface area contributed by atoms with Gasteiger partial charge in [0.25, 0.3) is 0 Å². The Morgan fingerprint density at radius 1 is 1.50 bits per heavy atom. The predicted octanol–water partition coefficient (Wildman–Crippen LogP) is 0.307. The Balaban J connectivity index is 2.21. The minimum Gasteiger partial charge on any atom is -0.398 e.